The molecule has 7 atom stereocenters. The Morgan fingerprint density at radius 3 is 2.14 bits per heavy atom. The molecule has 0 bridgehead atoms. The van der Waals surface area contributed by atoms with Crippen LogP contribution in [0.5, 0.6) is 0 Å². The topological polar surface area (TPSA) is 233 Å². The van der Waals surface area contributed by atoms with Crippen LogP contribution in [0.4, 0.5) is 35.4 Å². The molecule has 19 nitrogen and oxygen atoms in total. The van der Waals surface area contributed by atoms with Crippen molar-refractivity contribution >= 4 is 54.9 Å². The maximum atomic E-state index is 16.5. The minimum Gasteiger partial charge on any atom is -0.465 e. The van der Waals surface area contributed by atoms with Gasteiger partial charge in [-0.3, -0.25) is 19.7 Å². The van der Waals surface area contributed by atoms with E-state index in [-0.39, 0.29) is 28.7 Å². The molecule has 3 aromatic carbocycles. The molecule has 6 N–H and O–H groups in total. The molecule has 0 radical (unpaired) electrons. The van der Waals surface area contributed by atoms with Crippen LogP contribution < -0.4 is 31.1 Å². The number of Topliss-reactive ketones (excluding diaryl/α,β-unsaturated/α-hetero) is 1. The van der Waals surface area contributed by atoms with Crippen LogP contribution in [-0.2, 0) is 34.1 Å². The number of rotatable bonds is 17. The molecule has 0 unspecified atom stereocenters. The van der Waals surface area contributed by atoms with Crippen molar-refractivity contribution in [1.82, 2.24) is 36.3 Å². The van der Waals surface area contributed by atoms with E-state index in [1.54, 1.807) is 30.9 Å². The van der Waals surface area contributed by atoms with E-state index in [1.165, 1.54) is 38.4 Å². The van der Waals surface area contributed by atoms with E-state index in [4.69, 9.17) is 14.2 Å². The van der Waals surface area contributed by atoms with Crippen LogP contribution in [0.3, 0.4) is 0 Å². The average molecular weight is 1040 g/mol. The number of carbonyl (C=O) groups is 5. The Bertz CT molecular complexity index is 2690. The number of aromatic amines is 1. The van der Waals surface area contributed by atoms with Crippen molar-refractivity contribution in [2.45, 2.75) is 119 Å². The average Bonchev–Trinajstić information content (AvgIpc) is 4.25. The van der Waals surface area contributed by atoms with Gasteiger partial charge in [-0.15, -0.1) is 0 Å². The van der Waals surface area contributed by atoms with Crippen molar-refractivity contribution in [3.63, 3.8) is 0 Å². The lowest BCUT2D eigenvalue weighted by atomic mass is 9.80. The molecule has 4 saturated heterocycles. The van der Waals surface area contributed by atoms with E-state index in [0.717, 1.165) is 36.2 Å². The number of amides is 4. The number of alkyl carbamates (subject to hydrolysis) is 1. The Morgan fingerprint density at radius 1 is 0.824 bits per heavy atom. The Morgan fingerprint density at radius 2 is 1.50 bits per heavy atom. The summed E-state index contributed by atoms with van der Waals surface area (Å²) in [7, 11) is 2.58. The lowest BCUT2D eigenvalue weighted by Gasteiger charge is -2.37. The monoisotopic (exact) mass is 1040 g/mol. The number of anilines is 3. The van der Waals surface area contributed by atoms with E-state index in [2.05, 4.69) is 54.7 Å². The fourth-order valence-electron chi connectivity index (χ4n) is 11.1. The van der Waals surface area contributed by atoms with Gasteiger partial charge in [0.05, 0.1) is 33.4 Å². The number of H-pyrrole nitrogens is 1. The fourth-order valence-corrected chi connectivity index (χ4v) is 13.1. The Labute approximate surface area is 430 Å². The van der Waals surface area contributed by atoms with E-state index < -0.39 is 85.4 Å². The van der Waals surface area contributed by atoms with Crippen LogP contribution in [0.2, 0.25) is 25.2 Å². The van der Waals surface area contributed by atoms with Crippen molar-refractivity contribution in [2.75, 3.05) is 69.2 Å². The predicted octanol–water partition coefficient (Wildman–Crippen LogP) is 6.79. The van der Waals surface area contributed by atoms with E-state index in [1.807, 2.05) is 30.3 Å². The molecule has 74 heavy (non-hydrogen) atoms. The molecular weight excluding hydrogens is 975 g/mol. The summed E-state index contributed by atoms with van der Waals surface area (Å²) in [6.07, 6.45) is -0.253. The summed E-state index contributed by atoms with van der Waals surface area (Å²) < 4.78 is 48.7. The number of carbonyl (C=O) groups excluding carboxylic acids is 4. The third-order valence-corrected chi connectivity index (χ3v) is 18.7. The molecule has 4 amide bonds. The highest BCUT2D eigenvalue weighted by Crippen LogP contribution is 2.45. The van der Waals surface area contributed by atoms with Crippen LogP contribution in [-0.4, -0.2) is 148 Å². The summed E-state index contributed by atoms with van der Waals surface area (Å²) >= 11 is 0. The molecular formula is C52H68F2N10O9Si. The number of ether oxygens (including phenoxy) is 3. The quantitative estimate of drug-likeness (QED) is 0.0598. The number of ketones is 1. The Kier molecular flexibility index (Phi) is 16.4. The summed E-state index contributed by atoms with van der Waals surface area (Å²) in [4.78, 5) is 71.8. The van der Waals surface area contributed by atoms with Gasteiger partial charge in [-0.1, -0.05) is 31.3 Å². The molecule has 4 aliphatic rings. The number of likely N-dealkylation sites (tertiary alicyclic amines) is 1. The molecule has 8 rings (SSSR count). The van der Waals surface area contributed by atoms with Crippen LogP contribution >= 0.6 is 0 Å². The summed E-state index contributed by atoms with van der Waals surface area (Å²) in [6.45, 7) is 10.4. The second-order valence-corrected chi connectivity index (χ2v) is 25.9. The van der Waals surface area contributed by atoms with Crippen LogP contribution in [0.25, 0.3) is 22.4 Å². The molecule has 5 heterocycles. The normalized spacial score (nSPS) is 22.2. The molecule has 0 aliphatic carbocycles. The van der Waals surface area contributed by atoms with Gasteiger partial charge in [0.2, 0.25) is 11.8 Å². The maximum Gasteiger partial charge on any atom is 0.407 e. The van der Waals surface area contributed by atoms with Crippen molar-refractivity contribution < 1.29 is 52.1 Å². The number of nitrogens with zero attached hydrogens (tertiary/aromatic N) is 5. The molecule has 1 aromatic heterocycles. The zero-order valence-corrected chi connectivity index (χ0v) is 44.1. The third kappa shape index (κ3) is 11.0. The number of nitrogens with one attached hydrogen (secondary N) is 5. The Balaban J connectivity index is 1.13. The summed E-state index contributed by atoms with van der Waals surface area (Å²) in [5.74, 6) is -2.72. The third-order valence-electron chi connectivity index (χ3n) is 15.5. The number of carboxylic acid groups (broad SMARTS) is 1. The molecule has 4 fully saturated rings. The van der Waals surface area contributed by atoms with E-state index in [0.29, 0.717) is 75.2 Å². The van der Waals surface area contributed by atoms with E-state index >= 15 is 8.78 Å². The standard InChI is InChI=1S/C52H68F2N10O9Si/c1-30(71-3)42(58-51(70)73-5)47(65)52(19-10-20-55-52)46-44(59-61-60-46)37-29-35(17-18-36(37)33-27-38(53)45(39(54)28-33)62-23-25-74(6,7)26-24-62)63-21-8-11-40(63)32-13-15-34(16-14-32)56-48(66)41-12-9-22-64(41)49(67)43(31(2)72-4)57-50(68)69/h13-18,27-31,40-43,55,57H,8-12,19-26H2,1-7H3,(H,56,66)(H,58,70)(H,68,69)(H,59,60,61)/t30-,31+,40+,41-,42-,43-,52-/m0/s1. The smallest absolute Gasteiger partial charge is 0.407 e. The van der Waals surface area contributed by atoms with Gasteiger partial charge in [-0.05, 0) is 124 Å². The van der Waals surface area contributed by atoms with Crippen molar-refractivity contribution in [3.8, 4) is 22.4 Å². The SMILES string of the molecule is COC(=O)N[C@H](C(=O)[C@@]1(c2n[nH]nc2-c2cc(N3CCC[C@@H]3c3ccc(NC(=O)[C@@H]4CCCN4C(=O)[C@@H](NC(=O)O)[C@@H](C)OC)cc3)ccc2-c2cc(F)c(N3CC[Si](C)(C)CC3)c(F)c2)CCCN1)[C@H](C)OC. The first-order chi connectivity index (χ1) is 35.4. The van der Waals surface area contributed by atoms with Crippen LogP contribution in [0, 0.1) is 11.6 Å². The van der Waals surface area contributed by atoms with Crippen molar-refractivity contribution in [1.29, 1.82) is 0 Å². The largest absolute Gasteiger partial charge is 0.465 e. The van der Waals surface area contributed by atoms with Crippen LogP contribution in [0.1, 0.15) is 69.7 Å². The molecule has 0 saturated carbocycles. The number of hydrogen-bond acceptors (Lipinski definition) is 13. The second kappa shape index (κ2) is 22.5. The molecule has 22 heteroatoms. The van der Waals surface area contributed by atoms with Crippen molar-refractivity contribution in [3.05, 3.63) is 77.5 Å². The summed E-state index contributed by atoms with van der Waals surface area (Å²) in [5, 5.41) is 32.7. The van der Waals surface area contributed by atoms with Gasteiger partial charge in [-0.2, -0.15) is 15.4 Å². The second-order valence-electron chi connectivity index (χ2n) is 20.6. The van der Waals surface area contributed by atoms with Gasteiger partial charge in [0.15, 0.2) is 5.78 Å². The first kappa shape index (κ1) is 53.8. The summed E-state index contributed by atoms with van der Waals surface area (Å²) in [6, 6.07) is 14.4. The zero-order chi connectivity index (χ0) is 53.1. The zero-order valence-electron chi connectivity index (χ0n) is 43.1. The summed E-state index contributed by atoms with van der Waals surface area (Å²) in [5.41, 5.74) is 2.45. The van der Waals surface area contributed by atoms with Gasteiger partial charge in [0, 0.05) is 57.3 Å². The Hall–Kier alpha value is -6.49. The first-order valence-electron chi connectivity index (χ1n) is 25.4. The van der Waals surface area contributed by atoms with Crippen molar-refractivity contribution in [2.24, 2.45) is 0 Å². The highest BCUT2D eigenvalue weighted by Gasteiger charge is 2.51. The lowest BCUT2D eigenvalue weighted by Crippen LogP contribution is -2.58. The molecule has 4 aromatic rings. The number of aromatic nitrogens is 3. The predicted molar refractivity (Wildman–Crippen MR) is 277 cm³/mol. The molecule has 0 spiro atoms. The highest BCUT2D eigenvalue weighted by atomic mass is 28.3. The number of hydrogen-bond donors (Lipinski definition) is 6. The number of halogens is 2. The lowest BCUT2D eigenvalue weighted by molar-refractivity contribution is -0.140. The number of methoxy groups -OCH3 is 3. The highest BCUT2D eigenvalue weighted by molar-refractivity contribution is 6.77. The van der Waals surface area contributed by atoms with Gasteiger partial charge >= 0.3 is 12.2 Å². The van der Waals surface area contributed by atoms with Gasteiger partial charge in [0.1, 0.15) is 52.4 Å². The minimum atomic E-state index is -1.47. The first-order valence-corrected chi connectivity index (χ1v) is 28.8. The van der Waals surface area contributed by atoms with Gasteiger partial charge < -0.3 is 50.0 Å². The number of benzene rings is 3. The minimum absolute atomic E-state index is 0.0490. The van der Waals surface area contributed by atoms with Gasteiger partial charge in [0.25, 0.3) is 0 Å². The fraction of sp³-hybridized carbons (Fsp3) is 0.519. The maximum absolute atomic E-state index is 16.5. The van der Waals surface area contributed by atoms with Gasteiger partial charge in [-0.25, -0.2) is 18.4 Å². The van der Waals surface area contributed by atoms with Crippen LogP contribution in [0.15, 0.2) is 54.6 Å². The van der Waals surface area contributed by atoms with E-state index in [9.17, 15) is 29.1 Å². The molecule has 398 valence electrons. The molecule has 4 aliphatic heterocycles.